The van der Waals surface area contributed by atoms with Gasteiger partial charge in [0.25, 0.3) is 0 Å². The molecule has 1 aromatic heterocycles. The quantitative estimate of drug-likeness (QED) is 0.631. The van der Waals surface area contributed by atoms with Gasteiger partial charge in [-0.2, -0.15) is 5.10 Å². The molecule has 1 heterocycles. The average Bonchev–Trinajstić information content (AvgIpc) is 3.07. The zero-order valence-electron chi connectivity index (χ0n) is 15.8. The van der Waals surface area contributed by atoms with E-state index >= 15 is 0 Å². The van der Waals surface area contributed by atoms with Gasteiger partial charge < -0.3 is 14.8 Å². The van der Waals surface area contributed by atoms with Crippen LogP contribution in [0, 0.1) is 0 Å². The van der Waals surface area contributed by atoms with Crippen molar-refractivity contribution < 1.29 is 14.3 Å². The number of ether oxygens (including phenoxy) is 2. The number of fused-ring (bicyclic) bond motifs is 1. The van der Waals surface area contributed by atoms with Gasteiger partial charge in [-0.1, -0.05) is 24.3 Å². The molecule has 0 atom stereocenters. The van der Waals surface area contributed by atoms with Crippen molar-refractivity contribution in [1.82, 2.24) is 15.1 Å². The van der Waals surface area contributed by atoms with Crippen molar-refractivity contribution in [1.29, 1.82) is 0 Å². The molecule has 0 unspecified atom stereocenters. The molecule has 27 heavy (non-hydrogen) atoms. The molecule has 1 N–H and O–H groups in total. The number of amides is 1. The minimum atomic E-state index is -0.0557. The smallest absolute Gasteiger partial charge is 0.241 e. The number of para-hydroxylation sites is 1. The summed E-state index contributed by atoms with van der Waals surface area (Å²) >= 11 is 0. The normalized spacial score (nSPS) is 10.7. The second-order valence-electron chi connectivity index (χ2n) is 6.11. The first-order chi connectivity index (χ1) is 13.2. The zero-order chi connectivity index (χ0) is 19.1. The Kier molecular flexibility index (Phi) is 6.30. The van der Waals surface area contributed by atoms with E-state index in [0.29, 0.717) is 19.8 Å². The average molecular weight is 367 g/mol. The Bertz CT molecular complexity index is 905. The van der Waals surface area contributed by atoms with Crippen LogP contribution >= 0.6 is 0 Å². The minimum absolute atomic E-state index is 0.0557. The lowest BCUT2D eigenvalue weighted by Crippen LogP contribution is -2.29. The molecule has 0 aliphatic rings. The Morgan fingerprint density at radius 3 is 2.67 bits per heavy atom. The molecule has 3 aromatic rings. The first-order valence-corrected chi connectivity index (χ1v) is 9.27. The van der Waals surface area contributed by atoms with Gasteiger partial charge in [-0.25, -0.2) is 0 Å². The topological polar surface area (TPSA) is 65.4 Å². The van der Waals surface area contributed by atoms with E-state index in [2.05, 4.69) is 10.4 Å². The van der Waals surface area contributed by atoms with Crippen LogP contribution in [0.1, 0.15) is 19.4 Å². The second-order valence-corrected chi connectivity index (χ2v) is 6.11. The van der Waals surface area contributed by atoms with Crippen LogP contribution in [0.2, 0.25) is 0 Å². The lowest BCUT2D eigenvalue weighted by molar-refractivity contribution is -0.121. The molecule has 6 heteroatoms. The highest BCUT2D eigenvalue weighted by Gasteiger charge is 2.09. The highest BCUT2D eigenvalue weighted by atomic mass is 16.5. The van der Waals surface area contributed by atoms with Crippen molar-refractivity contribution in [3.8, 4) is 11.5 Å². The van der Waals surface area contributed by atoms with Crippen LogP contribution in [-0.2, 0) is 17.8 Å². The fraction of sp³-hybridized carbons (Fsp3) is 0.333. The second kappa shape index (κ2) is 9.07. The number of aromatic nitrogens is 2. The first-order valence-electron chi connectivity index (χ1n) is 9.27. The molecular weight excluding hydrogens is 342 g/mol. The Balaban J connectivity index is 1.54. The Labute approximate surface area is 159 Å². The summed E-state index contributed by atoms with van der Waals surface area (Å²) in [5.74, 6) is 1.43. The van der Waals surface area contributed by atoms with Crippen molar-refractivity contribution in [3.63, 3.8) is 0 Å². The molecule has 0 aliphatic carbocycles. The summed E-state index contributed by atoms with van der Waals surface area (Å²) in [6, 6.07) is 13.7. The van der Waals surface area contributed by atoms with E-state index in [1.54, 1.807) is 10.9 Å². The minimum Gasteiger partial charge on any atom is -0.490 e. The maximum absolute atomic E-state index is 12.2. The number of nitrogens with zero attached hydrogens (tertiary/aromatic N) is 2. The van der Waals surface area contributed by atoms with Crippen molar-refractivity contribution in [2.75, 3.05) is 19.8 Å². The fourth-order valence-corrected chi connectivity index (χ4v) is 2.94. The number of rotatable bonds is 9. The number of carbonyl (C=O) groups is 1. The maximum atomic E-state index is 12.2. The van der Waals surface area contributed by atoms with Crippen molar-refractivity contribution in [2.24, 2.45) is 0 Å². The summed E-state index contributed by atoms with van der Waals surface area (Å²) in [6.07, 6.45) is 2.50. The third-order valence-corrected chi connectivity index (χ3v) is 4.19. The van der Waals surface area contributed by atoms with Gasteiger partial charge in [0.15, 0.2) is 11.5 Å². The van der Waals surface area contributed by atoms with E-state index in [9.17, 15) is 4.79 Å². The predicted octanol–water partition coefficient (Wildman–Crippen LogP) is 3.19. The van der Waals surface area contributed by atoms with Crippen LogP contribution in [0.3, 0.4) is 0 Å². The van der Waals surface area contributed by atoms with Gasteiger partial charge in [0.1, 0.15) is 6.54 Å². The Morgan fingerprint density at radius 2 is 1.85 bits per heavy atom. The van der Waals surface area contributed by atoms with Crippen molar-refractivity contribution in [2.45, 2.75) is 26.8 Å². The van der Waals surface area contributed by atoms with Crippen LogP contribution in [0.4, 0.5) is 0 Å². The summed E-state index contributed by atoms with van der Waals surface area (Å²) in [7, 11) is 0. The number of benzene rings is 2. The number of nitrogens with one attached hydrogen (secondary N) is 1. The summed E-state index contributed by atoms with van der Waals surface area (Å²) in [6.45, 7) is 5.83. The Morgan fingerprint density at radius 1 is 1.07 bits per heavy atom. The molecule has 0 saturated carbocycles. The van der Waals surface area contributed by atoms with Crippen LogP contribution in [0.5, 0.6) is 11.5 Å². The van der Waals surface area contributed by atoms with Gasteiger partial charge in [-0.15, -0.1) is 0 Å². The third kappa shape index (κ3) is 4.78. The monoisotopic (exact) mass is 367 g/mol. The van der Waals surface area contributed by atoms with E-state index in [4.69, 9.17) is 9.47 Å². The fourth-order valence-electron chi connectivity index (χ4n) is 2.94. The lowest BCUT2D eigenvalue weighted by Gasteiger charge is -2.12. The summed E-state index contributed by atoms with van der Waals surface area (Å²) in [5.41, 5.74) is 2.05. The zero-order valence-corrected chi connectivity index (χ0v) is 15.8. The summed E-state index contributed by atoms with van der Waals surface area (Å²) in [5, 5.41) is 8.27. The van der Waals surface area contributed by atoms with E-state index in [1.165, 1.54) is 0 Å². The van der Waals surface area contributed by atoms with Crippen LogP contribution in [0.15, 0.2) is 48.7 Å². The molecule has 142 valence electrons. The van der Waals surface area contributed by atoms with Crippen molar-refractivity contribution >= 4 is 16.8 Å². The molecule has 0 fully saturated rings. The molecule has 0 radical (unpaired) electrons. The van der Waals surface area contributed by atoms with Gasteiger partial charge in [0, 0.05) is 11.9 Å². The molecule has 0 saturated heterocycles. The summed E-state index contributed by atoms with van der Waals surface area (Å²) < 4.78 is 12.9. The Hall–Kier alpha value is -3.02. The summed E-state index contributed by atoms with van der Waals surface area (Å²) in [4.78, 5) is 12.2. The lowest BCUT2D eigenvalue weighted by atomic mass is 10.1. The molecule has 1 amide bonds. The molecule has 2 aromatic carbocycles. The van der Waals surface area contributed by atoms with E-state index < -0.39 is 0 Å². The predicted molar refractivity (Wildman–Crippen MR) is 105 cm³/mol. The van der Waals surface area contributed by atoms with E-state index in [1.807, 2.05) is 56.3 Å². The third-order valence-electron chi connectivity index (χ3n) is 4.19. The van der Waals surface area contributed by atoms with Crippen LogP contribution in [-0.4, -0.2) is 35.4 Å². The SMILES string of the molecule is CCOc1ccc(CCNC(=O)Cn2ncc3ccccc32)cc1OCC. The van der Waals surface area contributed by atoms with Crippen molar-refractivity contribution in [3.05, 3.63) is 54.2 Å². The largest absolute Gasteiger partial charge is 0.490 e. The van der Waals surface area contributed by atoms with E-state index in [0.717, 1.165) is 34.4 Å². The molecular formula is C21H25N3O3. The first kappa shape index (κ1) is 18.8. The number of hydrogen-bond acceptors (Lipinski definition) is 4. The molecule has 0 bridgehead atoms. The van der Waals surface area contributed by atoms with Gasteiger partial charge in [-0.05, 0) is 44.0 Å². The molecule has 6 nitrogen and oxygen atoms in total. The number of carbonyl (C=O) groups excluding carboxylic acids is 1. The van der Waals surface area contributed by atoms with Gasteiger partial charge in [-0.3, -0.25) is 9.48 Å². The van der Waals surface area contributed by atoms with Gasteiger partial charge in [0.05, 0.1) is 24.9 Å². The molecule has 3 rings (SSSR count). The molecule has 0 spiro atoms. The van der Waals surface area contributed by atoms with Crippen LogP contribution in [0.25, 0.3) is 10.9 Å². The van der Waals surface area contributed by atoms with E-state index in [-0.39, 0.29) is 12.5 Å². The number of hydrogen-bond donors (Lipinski definition) is 1. The highest BCUT2D eigenvalue weighted by Crippen LogP contribution is 2.28. The maximum Gasteiger partial charge on any atom is 0.241 e. The highest BCUT2D eigenvalue weighted by molar-refractivity contribution is 5.81. The van der Waals surface area contributed by atoms with Crippen LogP contribution < -0.4 is 14.8 Å². The van der Waals surface area contributed by atoms with Gasteiger partial charge >= 0.3 is 0 Å². The standard InChI is InChI=1S/C21H25N3O3/c1-3-26-19-10-9-16(13-20(19)27-4-2)11-12-22-21(25)15-24-18-8-6-5-7-17(18)14-23-24/h5-10,13-14H,3-4,11-12,15H2,1-2H3,(H,22,25). The molecule has 0 aliphatic heterocycles. The van der Waals surface area contributed by atoms with Gasteiger partial charge in [0.2, 0.25) is 5.91 Å².